The minimum atomic E-state index is -0.626. The number of rotatable bonds is 5. The molecule has 0 bridgehead atoms. The van der Waals surface area contributed by atoms with Crippen LogP contribution in [0.15, 0.2) is 48.7 Å². The Balaban J connectivity index is 1.88. The summed E-state index contributed by atoms with van der Waals surface area (Å²) in [6, 6.07) is 12.6. The summed E-state index contributed by atoms with van der Waals surface area (Å²) >= 11 is 5.98. The molecule has 1 heterocycles. The second-order valence-electron chi connectivity index (χ2n) is 4.23. The summed E-state index contributed by atoms with van der Waals surface area (Å²) < 4.78 is 5.53. The number of pyridine rings is 1. The molecule has 1 N–H and O–H groups in total. The van der Waals surface area contributed by atoms with Crippen LogP contribution in [0.5, 0.6) is 5.75 Å². The number of ether oxygens (including phenoxy) is 1. The zero-order chi connectivity index (χ0) is 14.4. The van der Waals surface area contributed by atoms with Crippen molar-refractivity contribution in [3.05, 3.63) is 59.4 Å². The molecule has 0 aliphatic heterocycles. The lowest BCUT2D eigenvalue weighted by Gasteiger charge is -2.15. The van der Waals surface area contributed by atoms with Crippen LogP contribution in [0, 0.1) is 0 Å². The van der Waals surface area contributed by atoms with Crippen LogP contribution in [0.4, 0.5) is 0 Å². The fraction of sp³-hybridized carbons (Fsp3) is 0.200. The van der Waals surface area contributed by atoms with Crippen molar-refractivity contribution in [2.24, 2.45) is 0 Å². The number of nitrogens with one attached hydrogen (secondary N) is 1. The van der Waals surface area contributed by atoms with E-state index in [9.17, 15) is 4.79 Å². The van der Waals surface area contributed by atoms with E-state index in [-0.39, 0.29) is 5.91 Å². The highest BCUT2D eigenvalue weighted by atomic mass is 35.5. The molecule has 0 spiro atoms. The van der Waals surface area contributed by atoms with E-state index >= 15 is 0 Å². The number of benzene rings is 1. The zero-order valence-corrected chi connectivity index (χ0v) is 11.8. The normalized spacial score (nSPS) is 11.7. The standard InChI is InChI=1S/C15H15ClN2O2/c1-11(20-14-8-3-2-7-13(14)16)15(19)18-10-12-6-4-5-9-17-12/h2-9,11H,10H2,1H3,(H,18,19)/t11-/m1/s1. The van der Waals surface area contributed by atoms with Gasteiger partial charge in [0, 0.05) is 6.20 Å². The summed E-state index contributed by atoms with van der Waals surface area (Å²) in [5.74, 6) is 0.283. The zero-order valence-electron chi connectivity index (χ0n) is 11.0. The van der Waals surface area contributed by atoms with E-state index in [1.165, 1.54) is 0 Å². The fourth-order valence-electron chi connectivity index (χ4n) is 1.61. The predicted molar refractivity (Wildman–Crippen MR) is 77.6 cm³/mol. The van der Waals surface area contributed by atoms with Crippen LogP contribution in [0.25, 0.3) is 0 Å². The number of hydrogen-bond donors (Lipinski definition) is 1. The molecule has 4 nitrogen and oxygen atoms in total. The van der Waals surface area contributed by atoms with Crippen molar-refractivity contribution in [3.63, 3.8) is 0 Å². The molecule has 1 amide bonds. The average Bonchev–Trinajstić information content (AvgIpc) is 2.48. The first-order valence-electron chi connectivity index (χ1n) is 6.25. The highest BCUT2D eigenvalue weighted by molar-refractivity contribution is 6.32. The minimum Gasteiger partial charge on any atom is -0.479 e. The summed E-state index contributed by atoms with van der Waals surface area (Å²) in [5.41, 5.74) is 0.797. The summed E-state index contributed by atoms with van der Waals surface area (Å²) in [5, 5.41) is 3.25. The van der Waals surface area contributed by atoms with Gasteiger partial charge in [-0.15, -0.1) is 0 Å². The second kappa shape index (κ2) is 6.91. The number of halogens is 1. The smallest absolute Gasteiger partial charge is 0.261 e. The number of aromatic nitrogens is 1. The van der Waals surface area contributed by atoms with Crippen molar-refractivity contribution >= 4 is 17.5 Å². The maximum atomic E-state index is 11.9. The van der Waals surface area contributed by atoms with Crippen LogP contribution in [0.2, 0.25) is 5.02 Å². The third-order valence-electron chi connectivity index (χ3n) is 2.68. The molecule has 2 aromatic rings. The Kier molecular flexibility index (Phi) is 4.96. The topological polar surface area (TPSA) is 51.2 Å². The van der Waals surface area contributed by atoms with Gasteiger partial charge >= 0.3 is 0 Å². The second-order valence-corrected chi connectivity index (χ2v) is 4.64. The lowest BCUT2D eigenvalue weighted by Crippen LogP contribution is -2.36. The average molecular weight is 291 g/mol. The molecule has 0 aliphatic rings. The maximum Gasteiger partial charge on any atom is 0.261 e. The van der Waals surface area contributed by atoms with E-state index in [0.717, 1.165) is 5.69 Å². The van der Waals surface area contributed by atoms with Gasteiger partial charge < -0.3 is 10.1 Å². The first kappa shape index (κ1) is 14.3. The molecule has 104 valence electrons. The van der Waals surface area contributed by atoms with Crippen LogP contribution in [-0.2, 0) is 11.3 Å². The van der Waals surface area contributed by atoms with Gasteiger partial charge in [-0.3, -0.25) is 9.78 Å². The molecule has 1 aromatic carbocycles. The number of amides is 1. The summed E-state index contributed by atoms with van der Waals surface area (Å²) in [7, 11) is 0. The predicted octanol–water partition coefficient (Wildman–Crippen LogP) is 2.82. The Bertz CT molecular complexity index is 575. The van der Waals surface area contributed by atoms with Gasteiger partial charge in [-0.1, -0.05) is 29.8 Å². The lowest BCUT2D eigenvalue weighted by molar-refractivity contribution is -0.127. The van der Waals surface area contributed by atoms with Crippen LogP contribution in [-0.4, -0.2) is 17.0 Å². The number of para-hydroxylation sites is 1. The number of carbonyl (C=O) groups excluding carboxylic acids is 1. The Labute approximate surface area is 122 Å². The molecule has 0 unspecified atom stereocenters. The first-order chi connectivity index (χ1) is 9.66. The summed E-state index contributed by atoms with van der Waals surface area (Å²) in [6.45, 7) is 2.05. The van der Waals surface area contributed by atoms with Gasteiger partial charge in [-0.25, -0.2) is 0 Å². The summed E-state index contributed by atoms with van der Waals surface area (Å²) in [6.07, 6.45) is 1.06. The largest absolute Gasteiger partial charge is 0.479 e. The Morgan fingerprint density at radius 3 is 2.75 bits per heavy atom. The van der Waals surface area contributed by atoms with Gasteiger partial charge in [0.25, 0.3) is 5.91 Å². The minimum absolute atomic E-state index is 0.212. The quantitative estimate of drug-likeness (QED) is 0.921. The fourth-order valence-corrected chi connectivity index (χ4v) is 1.79. The molecule has 0 saturated heterocycles. The highest BCUT2D eigenvalue weighted by Gasteiger charge is 2.15. The van der Waals surface area contributed by atoms with Crippen LogP contribution in [0.1, 0.15) is 12.6 Å². The van der Waals surface area contributed by atoms with Gasteiger partial charge in [0.05, 0.1) is 17.3 Å². The Hall–Kier alpha value is -2.07. The van der Waals surface area contributed by atoms with Gasteiger partial charge in [-0.2, -0.15) is 0 Å². The summed E-state index contributed by atoms with van der Waals surface area (Å²) in [4.78, 5) is 16.1. The van der Waals surface area contributed by atoms with Crippen molar-refractivity contribution in [2.75, 3.05) is 0 Å². The van der Waals surface area contributed by atoms with E-state index in [1.807, 2.05) is 18.2 Å². The molecule has 20 heavy (non-hydrogen) atoms. The van der Waals surface area contributed by atoms with E-state index in [2.05, 4.69) is 10.3 Å². The van der Waals surface area contributed by atoms with E-state index in [0.29, 0.717) is 17.3 Å². The molecule has 0 fully saturated rings. The molecule has 0 aliphatic carbocycles. The molecule has 0 saturated carbocycles. The molecule has 0 radical (unpaired) electrons. The van der Waals surface area contributed by atoms with Crippen LogP contribution >= 0.6 is 11.6 Å². The maximum absolute atomic E-state index is 11.9. The monoisotopic (exact) mass is 290 g/mol. The SMILES string of the molecule is C[C@@H](Oc1ccccc1Cl)C(=O)NCc1ccccn1. The van der Waals surface area contributed by atoms with Crippen LogP contribution in [0.3, 0.4) is 0 Å². The lowest BCUT2D eigenvalue weighted by atomic mass is 10.3. The van der Waals surface area contributed by atoms with Crippen molar-refractivity contribution in [3.8, 4) is 5.75 Å². The third kappa shape index (κ3) is 3.96. The van der Waals surface area contributed by atoms with Gasteiger partial charge in [0.2, 0.25) is 0 Å². The van der Waals surface area contributed by atoms with E-state index in [1.54, 1.807) is 37.4 Å². The van der Waals surface area contributed by atoms with E-state index in [4.69, 9.17) is 16.3 Å². The third-order valence-corrected chi connectivity index (χ3v) is 2.99. The number of nitrogens with zero attached hydrogens (tertiary/aromatic N) is 1. The van der Waals surface area contributed by atoms with Gasteiger partial charge in [-0.05, 0) is 31.2 Å². The van der Waals surface area contributed by atoms with Crippen molar-refractivity contribution in [1.29, 1.82) is 0 Å². The van der Waals surface area contributed by atoms with E-state index < -0.39 is 6.10 Å². The van der Waals surface area contributed by atoms with Crippen molar-refractivity contribution < 1.29 is 9.53 Å². The van der Waals surface area contributed by atoms with Crippen LogP contribution < -0.4 is 10.1 Å². The molecule has 2 rings (SSSR count). The molecule has 1 aromatic heterocycles. The van der Waals surface area contributed by atoms with Gasteiger partial charge in [0.15, 0.2) is 6.10 Å². The number of carbonyl (C=O) groups is 1. The number of hydrogen-bond acceptors (Lipinski definition) is 3. The molecular weight excluding hydrogens is 276 g/mol. The highest BCUT2D eigenvalue weighted by Crippen LogP contribution is 2.24. The molecular formula is C15H15ClN2O2. The first-order valence-corrected chi connectivity index (χ1v) is 6.63. The van der Waals surface area contributed by atoms with Gasteiger partial charge in [0.1, 0.15) is 5.75 Å². The molecule has 5 heteroatoms. The molecule has 1 atom stereocenters. The Morgan fingerprint density at radius 2 is 2.05 bits per heavy atom. The van der Waals surface area contributed by atoms with Crippen molar-refractivity contribution in [1.82, 2.24) is 10.3 Å². The van der Waals surface area contributed by atoms with Crippen molar-refractivity contribution in [2.45, 2.75) is 19.6 Å². The Morgan fingerprint density at radius 1 is 1.30 bits per heavy atom.